The molecule has 3 aliphatic rings. The molecule has 0 aromatic heterocycles. The Morgan fingerprint density at radius 1 is 1.05 bits per heavy atom. The zero-order chi connectivity index (χ0) is 14.5. The normalized spacial score (nSPS) is 31.4. The first kappa shape index (κ1) is 13.9. The molecule has 112 valence electrons. The van der Waals surface area contributed by atoms with E-state index in [0.717, 1.165) is 25.7 Å². The second-order valence-corrected chi connectivity index (χ2v) is 7.64. The zero-order valence-electron chi connectivity index (χ0n) is 12.7. The van der Waals surface area contributed by atoms with Crippen LogP contribution in [0, 0.1) is 11.8 Å². The lowest BCUT2D eigenvalue weighted by molar-refractivity contribution is -0.126. The third kappa shape index (κ3) is 2.99. The number of likely N-dealkylation sites (tertiary alicyclic amines) is 1. The van der Waals surface area contributed by atoms with Crippen LogP contribution in [0.3, 0.4) is 0 Å². The number of amides is 1. The Bertz CT molecular complexity index is 394. The Balaban J connectivity index is 1.80. The third-order valence-corrected chi connectivity index (χ3v) is 4.52. The Morgan fingerprint density at radius 3 is 1.85 bits per heavy atom. The topological polar surface area (TPSA) is 46.6 Å². The Morgan fingerprint density at radius 2 is 1.50 bits per heavy atom. The van der Waals surface area contributed by atoms with E-state index in [1.165, 1.54) is 0 Å². The van der Waals surface area contributed by atoms with Gasteiger partial charge in [0.05, 0.1) is 0 Å². The summed E-state index contributed by atoms with van der Waals surface area (Å²) in [6, 6.07) is 0.188. The summed E-state index contributed by atoms with van der Waals surface area (Å²) < 4.78 is 5.60. The summed E-state index contributed by atoms with van der Waals surface area (Å²) in [7, 11) is 0. The molecule has 2 atom stereocenters. The number of ketones is 1. The molecular formula is C16H25NO3. The summed E-state index contributed by atoms with van der Waals surface area (Å²) in [6.07, 6.45) is 5.45. The molecule has 2 saturated carbocycles. The molecule has 0 bridgehead atoms. The molecule has 1 saturated heterocycles. The number of hydrogen-bond acceptors (Lipinski definition) is 3. The van der Waals surface area contributed by atoms with Gasteiger partial charge >= 0.3 is 6.09 Å². The van der Waals surface area contributed by atoms with Crippen LogP contribution in [0.2, 0.25) is 0 Å². The fourth-order valence-electron chi connectivity index (χ4n) is 3.33. The highest BCUT2D eigenvalue weighted by atomic mass is 16.6. The van der Waals surface area contributed by atoms with Crippen molar-refractivity contribution in [3.8, 4) is 0 Å². The highest BCUT2D eigenvalue weighted by Gasteiger charge is 2.50. The highest BCUT2D eigenvalue weighted by Crippen LogP contribution is 2.46. The van der Waals surface area contributed by atoms with Crippen molar-refractivity contribution in [3.63, 3.8) is 0 Å². The van der Waals surface area contributed by atoms with Crippen molar-refractivity contribution in [2.24, 2.45) is 11.8 Å². The summed E-state index contributed by atoms with van der Waals surface area (Å²) >= 11 is 0. The second-order valence-electron chi connectivity index (χ2n) is 7.64. The van der Waals surface area contributed by atoms with E-state index in [0.29, 0.717) is 30.5 Å². The summed E-state index contributed by atoms with van der Waals surface area (Å²) in [6.45, 7) is 5.70. The van der Waals surface area contributed by atoms with Crippen LogP contribution in [0.5, 0.6) is 0 Å². The molecule has 0 aromatic carbocycles. The van der Waals surface area contributed by atoms with Crippen LogP contribution in [-0.2, 0) is 9.53 Å². The fourth-order valence-corrected chi connectivity index (χ4v) is 3.33. The SMILES string of the molecule is CC(C)(C)OC(=O)N1C(C2CC2)CC(=O)CC1C1CC1. The van der Waals surface area contributed by atoms with Gasteiger partial charge < -0.3 is 9.64 Å². The molecule has 1 aliphatic heterocycles. The van der Waals surface area contributed by atoms with Crippen molar-refractivity contribution in [2.75, 3.05) is 0 Å². The van der Waals surface area contributed by atoms with Gasteiger partial charge in [0.2, 0.25) is 0 Å². The van der Waals surface area contributed by atoms with Gasteiger partial charge in [0.1, 0.15) is 11.4 Å². The van der Waals surface area contributed by atoms with Gasteiger partial charge in [-0.25, -0.2) is 4.79 Å². The number of ether oxygens (including phenoxy) is 1. The third-order valence-electron chi connectivity index (χ3n) is 4.52. The fraction of sp³-hybridized carbons (Fsp3) is 0.875. The molecule has 20 heavy (non-hydrogen) atoms. The van der Waals surface area contributed by atoms with Gasteiger partial charge in [0, 0.05) is 24.9 Å². The van der Waals surface area contributed by atoms with Gasteiger partial charge in [-0.15, -0.1) is 0 Å². The van der Waals surface area contributed by atoms with E-state index in [9.17, 15) is 9.59 Å². The number of hydrogen-bond donors (Lipinski definition) is 0. The average molecular weight is 279 g/mol. The predicted molar refractivity (Wildman–Crippen MR) is 75.3 cm³/mol. The maximum absolute atomic E-state index is 12.6. The summed E-state index contributed by atoms with van der Waals surface area (Å²) in [5, 5.41) is 0. The maximum Gasteiger partial charge on any atom is 0.410 e. The molecular weight excluding hydrogens is 254 g/mol. The first-order valence-corrected chi connectivity index (χ1v) is 7.88. The summed E-state index contributed by atoms with van der Waals surface area (Å²) in [4.78, 5) is 26.6. The van der Waals surface area contributed by atoms with Gasteiger partial charge in [-0.2, -0.15) is 0 Å². The molecule has 3 rings (SSSR count). The van der Waals surface area contributed by atoms with E-state index < -0.39 is 5.60 Å². The van der Waals surface area contributed by atoms with E-state index in [-0.39, 0.29) is 18.2 Å². The second kappa shape index (κ2) is 4.74. The van der Waals surface area contributed by atoms with Crippen LogP contribution >= 0.6 is 0 Å². The lowest BCUT2D eigenvalue weighted by Gasteiger charge is -2.42. The first-order valence-electron chi connectivity index (χ1n) is 7.88. The van der Waals surface area contributed by atoms with Crippen LogP contribution < -0.4 is 0 Å². The number of carbonyl (C=O) groups excluding carboxylic acids is 2. The van der Waals surface area contributed by atoms with Crippen molar-refractivity contribution in [1.29, 1.82) is 0 Å². The quantitative estimate of drug-likeness (QED) is 0.780. The van der Waals surface area contributed by atoms with E-state index in [2.05, 4.69) is 0 Å². The molecule has 1 amide bonds. The number of nitrogens with zero attached hydrogens (tertiary/aromatic N) is 1. The van der Waals surface area contributed by atoms with E-state index in [1.807, 2.05) is 25.7 Å². The van der Waals surface area contributed by atoms with Crippen LogP contribution in [0.15, 0.2) is 0 Å². The van der Waals surface area contributed by atoms with Gasteiger partial charge in [-0.05, 0) is 58.3 Å². The van der Waals surface area contributed by atoms with Crippen LogP contribution in [0.1, 0.15) is 59.3 Å². The molecule has 0 aromatic rings. The van der Waals surface area contributed by atoms with Crippen LogP contribution in [0.4, 0.5) is 4.79 Å². The smallest absolute Gasteiger partial charge is 0.410 e. The van der Waals surface area contributed by atoms with Crippen LogP contribution in [0.25, 0.3) is 0 Å². The minimum atomic E-state index is -0.471. The number of carbonyl (C=O) groups is 2. The maximum atomic E-state index is 12.6. The highest BCUT2D eigenvalue weighted by molar-refractivity contribution is 5.83. The molecule has 0 radical (unpaired) electrons. The lowest BCUT2D eigenvalue weighted by Crippen LogP contribution is -2.55. The lowest BCUT2D eigenvalue weighted by atomic mass is 9.89. The summed E-state index contributed by atoms with van der Waals surface area (Å²) in [5.41, 5.74) is -0.471. The molecule has 2 unspecified atom stereocenters. The standard InChI is InChI=1S/C16H25NO3/c1-16(2,3)20-15(19)17-13(10-4-5-10)8-12(18)9-14(17)11-6-7-11/h10-11,13-14H,4-9H2,1-3H3. The van der Waals surface area contributed by atoms with Crippen molar-refractivity contribution in [3.05, 3.63) is 0 Å². The molecule has 3 fully saturated rings. The average Bonchev–Trinajstić information content (AvgIpc) is 3.17. The summed E-state index contributed by atoms with van der Waals surface area (Å²) in [5.74, 6) is 1.37. The van der Waals surface area contributed by atoms with Crippen molar-refractivity contribution >= 4 is 11.9 Å². The zero-order valence-corrected chi connectivity index (χ0v) is 12.7. The van der Waals surface area contributed by atoms with Crippen molar-refractivity contribution < 1.29 is 14.3 Å². The van der Waals surface area contributed by atoms with Crippen molar-refractivity contribution in [1.82, 2.24) is 4.90 Å². The molecule has 4 heteroatoms. The number of rotatable bonds is 2. The van der Waals surface area contributed by atoms with Gasteiger partial charge in [-0.3, -0.25) is 4.79 Å². The monoisotopic (exact) mass is 279 g/mol. The van der Waals surface area contributed by atoms with Gasteiger partial charge in [0.25, 0.3) is 0 Å². The van der Waals surface area contributed by atoms with Crippen LogP contribution in [-0.4, -0.2) is 34.5 Å². The van der Waals surface area contributed by atoms with Crippen molar-refractivity contribution in [2.45, 2.75) is 77.0 Å². The Labute approximate surface area is 120 Å². The number of piperidine rings is 1. The van der Waals surface area contributed by atoms with E-state index in [1.54, 1.807) is 0 Å². The minimum absolute atomic E-state index is 0.0942. The molecule has 1 heterocycles. The van der Waals surface area contributed by atoms with Gasteiger partial charge in [-0.1, -0.05) is 0 Å². The number of Topliss-reactive ketones (excluding diaryl/α,β-unsaturated/α-hetero) is 1. The molecule has 4 nitrogen and oxygen atoms in total. The molecule has 0 spiro atoms. The van der Waals surface area contributed by atoms with E-state index in [4.69, 9.17) is 4.74 Å². The minimum Gasteiger partial charge on any atom is -0.444 e. The van der Waals surface area contributed by atoms with E-state index >= 15 is 0 Å². The Kier molecular flexibility index (Phi) is 3.30. The Hall–Kier alpha value is -1.06. The first-order chi connectivity index (χ1) is 9.35. The molecule has 2 aliphatic carbocycles. The largest absolute Gasteiger partial charge is 0.444 e. The van der Waals surface area contributed by atoms with Gasteiger partial charge in [0.15, 0.2) is 0 Å². The molecule has 0 N–H and O–H groups in total. The predicted octanol–water partition coefficient (Wildman–Crippen LogP) is 3.14.